The molecule has 1 aromatic rings. The van der Waals surface area contributed by atoms with E-state index in [-0.39, 0.29) is 11.8 Å². The van der Waals surface area contributed by atoms with Crippen LogP contribution < -0.4 is 5.32 Å². The number of benzene rings is 1. The lowest BCUT2D eigenvalue weighted by Crippen LogP contribution is -2.28. The molecule has 0 amide bonds. The van der Waals surface area contributed by atoms with Crippen molar-refractivity contribution in [2.45, 2.75) is 6.04 Å². The summed E-state index contributed by atoms with van der Waals surface area (Å²) in [5.41, 5.74) is 0.933. The normalized spacial score (nSPS) is 13.0. The lowest BCUT2D eigenvalue weighted by atomic mass is 10.1. The maximum atomic E-state index is 11.3. The van der Waals surface area contributed by atoms with Crippen molar-refractivity contribution in [3.05, 3.63) is 35.9 Å². The summed E-state index contributed by atoms with van der Waals surface area (Å²) < 4.78 is 22.6. The van der Waals surface area contributed by atoms with E-state index in [1.165, 1.54) is 6.26 Å². The van der Waals surface area contributed by atoms with Crippen LogP contribution in [0.25, 0.3) is 0 Å². The van der Waals surface area contributed by atoms with Crippen molar-refractivity contribution in [2.75, 3.05) is 18.6 Å². The third-order valence-corrected chi connectivity index (χ3v) is 3.06. The SMILES string of the molecule is C#CCN[C@@H](CS(C)(=O)=O)c1ccccc1. The Balaban J connectivity index is 2.84. The molecule has 0 saturated heterocycles. The molecule has 16 heavy (non-hydrogen) atoms. The van der Waals surface area contributed by atoms with Gasteiger partial charge in [-0.05, 0) is 5.56 Å². The zero-order valence-corrected chi connectivity index (χ0v) is 10.00. The summed E-state index contributed by atoms with van der Waals surface area (Å²) >= 11 is 0. The van der Waals surface area contributed by atoms with E-state index >= 15 is 0 Å². The van der Waals surface area contributed by atoms with Gasteiger partial charge in [0, 0.05) is 12.3 Å². The van der Waals surface area contributed by atoms with Gasteiger partial charge in [0.1, 0.15) is 9.84 Å². The monoisotopic (exact) mass is 237 g/mol. The first-order valence-electron chi connectivity index (χ1n) is 4.92. The van der Waals surface area contributed by atoms with E-state index in [0.717, 1.165) is 5.56 Å². The highest BCUT2D eigenvalue weighted by molar-refractivity contribution is 7.90. The molecule has 0 unspecified atom stereocenters. The molecule has 3 nitrogen and oxygen atoms in total. The van der Waals surface area contributed by atoms with E-state index in [9.17, 15) is 8.42 Å². The number of hydrogen-bond acceptors (Lipinski definition) is 3. The number of nitrogens with one attached hydrogen (secondary N) is 1. The van der Waals surface area contributed by atoms with Crippen molar-refractivity contribution in [1.82, 2.24) is 5.32 Å². The van der Waals surface area contributed by atoms with E-state index in [2.05, 4.69) is 11.2 Å². The van der Waals surface area contributed by atoms with Crippen LogP contribution in [0, 0.1) is 12.3 Å². The van der Waals surface area contributed by atoms with Gasteiger partial charge >= 0.3 is 0 Å². The highest BCUT2D eigenvalue weighted by atomic mass is 32.2. The summed E-state index contributed by atoms with van der Waals surface area (Å²) in [7, 11) is -3.03. The summed E-state index contributed by atoms with van der Waals surface area (Å²) in [5, 5.41) is 3.03. The molecule has 0 saturated carbocycles. The van der Waals surface area contributed by atoms with Gasteiger partial charge in [-0.25, -0.2) is 8.42 Å². The average molecular weight is 237 g/mol. The van der Waals surface area contributed by atoms with Crippen LogP contribution in [0.1, 0.15) is 11.6 Å². The number of sulfone groups is 1. The molecular formula is C12H15NO2S. The highest BCUT2D eigenvalue weighted by Gasteiger charge is 2.15. The Labute approximate surface area is 96.8 Å². The third kappa shape index (κ3) is 4.47. The lowest BCUT2D eigenvalue weighted by Gasteiger charge is -2.16. The van der Waals surface area contributed by atoms with Crippen molar-refractivity contribution in [3.63, 3.8) is 0 Å². The van der Waals surface area contributed by atoms with E-state index in [0.29, 0.717) is 6.54 Å². The molecule has 0 aliphatic heterocycles. The number of terminal acetylenes is 1. The predicted molar refractivity (Wildman–Crippen MR) is 65.7 cm³/mol. The van der Waals surface area contributed by atoms with Crippen molar-refractivity contribution < 1.29 is 8.42 Å². The van der Waals surface area contributed by atoms with Crippen LogP contribution in [0.15, 0.2) is 30.3 Å². The number of hydrogen-bond donors (Lipinski definition) is 1. The molecule has 0 spiro atoms. The fourth-order valence-corrected chi connectivity index (χ4v) is 2.36. The fraction of sp³-hybridized carbons (Fsp3) is 0.333. The van der Waals surface area contributed by atoms with Gasteiger partial charge in [0.25, 0.3) is 0 Å². The standard InChI is InChI=1S/C12H15NO2S/c1-3-9-13-12(10-16(2,14)15)11-7-5-4-6-8-11/h1,4-8,12-13H,9-10H2,2H3/t12-/m0/s1. The van der Waals surface area contributed by atoms with Crippen LogP contribution in [0.2, 0.25) is 0 Å². The van der Waals surface area contributed by atoms with Gasteiger partial charge < -0.3 is 0 Å². The molecule has 1 rings (SSSR count). The van der Waals surface area contributed by atoms with Crippen LogP contribution >= 0.6 is 0 Å². The minimum Gasteiger partial charge on any atom is -0.298 e. The van der Waals surface area contributed by atoms with Crippen molar-refractivity contribution >= 4 is 9.84 Å². The summed E-state index contributed by atoms with van der Waals surface area (Å²) in [6, 6.07) is 9.18. The lowest BCUT2D eigenvalue weighted by molar-refractivity contribution is 0.572. The third-order valence-electron chi connectivity index (χ3n) is 2.12. The Kier molecular flexibility index (Phi) is 4.53. The van der Waals surface area contributed by atoms with Crippen molar-refractivity contribution in [3.8, 4) is 12.3 Å². The topological polar surface area (TPSA) is 46.2 Å². The highest BCUT2D eigenvalue weighted by Crippen LogP contribution is 2.14. The first-order valence-corrected chi connectivity index (χ1v) is 6.98. The maximum Gasteiger partial charge on any atom is 0.149 e. The minimum absolute atomic E-state index is 0.0543. The van der Waals surface area contributed by atoms with E-state index in [1.807, 2.05) is 30.3 Å². The van der Waals surface area contributed by atoms with Gasteiger partial charge in [-0.15, -0.1) is 6.42 Å². The molecule has 0 aliphatic rings. The van der Waals surface area contributed by atoms with Crippen LogP contribution in [0.3, 0.4) is 0 Å². The summed E-state index contributed by atoms with van der Waals surface area (Å²) in [4.78, 5) is 0. The zero-order chi connectivity index (χ0) is 12.0. The second-order valence-corrected chi connectivity index (χ2v) is 5.83. The Morgan fingerprint density at radius 3 is 2.50 bits per heavy atom. The Hall–Kier alpha value is -1.31. The van der Waals surface area contributed by atoms with Crippen LogP contribution in [-0.4, -0.2) is 27.0 Å². The van der Waals surface area contributed by atoms with Gasteiger partial charge in [-0.3, -0.25) is 5.32 Å². The van der Waals surface area contributed by atoms with Crippen LogP contribution in [-0.2, 0) is 9.84 Å². The van der Waals surface area contributed by atoms with Crippen LogP contribution in [0.4, 0.5) is 0 Å². The molecule has 86 valence electrons. The van der Waals surface area contributed by atoms with Gasteiger partial charge in [0.05, 0.1) is 12.3 Å². The molecule has 1 atom stereocenters. The summed E-state index contributed by atoms with van der Waals surface area (Å²) in [6.07, 6.45) is 6.38. The van der Waals surface area contributed by atoms with Gasteiger partial charge in [0.15, 0.2) is 0 Å². The zero-order valence-electron chi connectivity index (χ0n) is 9.18. The fourth-order valence-electron chi connectivity index (χ4n) is 1.44. The number of rotatable bonds is 5. The molecule has 0 fully saturated rings. The molecule has 1 N–H and O–H groups in total. The average Bonchev–Trinajstić information content (AvgIpc) is 2.24. The smallest absolute Gasteiger partial charge is 0.149 e. The molecule has 4 heteroatoms. The summed E-state index contributed by atoms with van der Waals surface area (Å²) in [6.45, 7) is 0.356. The van der Waals surface area contributed by atoms with Crippen molar-refractivity contribution in [2.24, 2.45) is 0 Å². The summed E-state index contributed by atoms with van der Waals surface area (Å²) in [5.74, 6) is 2.50. The molecule has 0 bridgehead atoms. The second kappa shape index (κ2) is 5.69. The predicted octanol–water partition coefficient (Wildman–Crippen LogP) is 0.995. The second-order valence-electron chi connectivity index (χ2n) is 3.64. The molecule has 0 aliphatic carbocycles. The van der Waals surface area contributed by atoms with E-state index < -0.39 is 9.84 Å². The largest absolute Gasteiger partial charge is 0.298 e. The Morgan fingerprint density at radius 2 is 2.00 bits per heavy atom. The first-order chi connectivity index (χ1) is 7.53. The van der Waals surface area contributed by atoms with Gasteiger partial charge in [0.2, 0.25) is 0 Å². The van der Waals surface area contributed by atoms with E-state index in [1.54, 1.807) is 0 Å². The minimum atomic E-state index is -3.03. The first kappa shape index (κ1) is 12.8. The molecule has 0 aromatic heterocycles. The Bertz CT molecular complexity index is 460. The van der Waals surface area contributed by atoms with E-state index in [4.69, 9.17) is 6.42 Å². The maximum absolute atomic E-state index is 11.3. The quantitative estimate of drug-likeness (QED) is 0.777. The molecule has 0 radical (unpaired) electrons. The van der Waals surface area contributed by atoms with Gasteiger partial charge in [-0.1, -0.05) is 36.3 Å². The Morgan fingerprint density at radius 1 is 1.38 bits per heavy atom. The van der Waals surface area contributed by atoms with Gasteiger partial charge in [-0.2, -0.15) is 0 Å². The van der Waals surface area contributed by atoms with Crippen LogP contribution in [0.5, 0.6) is 0 Å². The van der Waals surface area contributed by atoms with Crippen molar-refractivity contribution in [1.29, 1.82) is 0 Å². The molecule has 1 aromatic carbocycles. The molecular weight excluding hydrogens is 222 g/mol. The molecule has 0 heterocycles.